The number of aliphatic hydroxyl groups excluding tert-OH is 2. The first-order valence-corrected chi connectivity index (χ1v) is 38.0. The van der Waals surface area contributed by atoms with Gasteiger partial charge < -0.3 is 78.0 Å². The SMILES string of the molecule is C1NCC2CC1O2.COc1ccc(C=NCC(O)CCl)cc1.COc1ccc(CN2CC(CCl)OCC2=O)cc1.COc1ccc(CN2CC3CC(C2)O3)cc1.COc1ccc(CN2CC3CC(O3)C2=O)cc1.COc1ccc(CNCC(O)CCl)cc1.Cc1ccc(S(=O)(=O)O)cc1.ClCC1CO1. The molecule has 10 unspecified atom stereocenters. The van der Waals surface area contributed by atoms with Gasteiger partial charge in [-0.3, -0.25) is 24.0 Å². The van der Waals surface area contributed by atoms with Crippen LogP contribution in [-0.4, -0.2) is 242 Å². The first kappa shape index (κ1) is 84.9. The van der Waals surface area contributed by atoms with Crippen LogP contribution < -0.4 is 34.3 Å². The molecule has 6 aromatic rings. The number of methoxy groups -OCH3 is 5. The zero-order chi connectivity index (χ0) is 74.8. The number of morpholine rings is 4. The van der Waals surface area contributed by atoms with Gasteiger partial charge in [-0.05, 0) is 120 Å². The van der Waals surface area contributed by atoms with Gasteiger partial charge in [-0.15, -0.1) is 46.4 Å². The monoisotopic (exact) mass is 1540 g/mol. The first-order chi connectivity index (χ1) is 50.2. The Balaban J connectivity index is 0.000000169. The van der Waals surface area contributed by atoms with E-state index in [1.165, 1.54) is 30.5 Å². The van der Waals surface area contributed by atoms with E-state index < -0.39 is 22.3 Å². The van der Waals surface area contributed by atoms with Crippen molar-refractivity contribution in [2.45, 2.75) is 118 Å². The van der Waals surface area contributed by atoms with Crippen LogP contribution in [0.15, 0.2) is 155 Å². The molecule has 28 heteroatoms. The summed E-state index contributed by atoms with van der Waals surface area (Å²) in [5.41, 5.74) is 6.62. The highest BCUT2D eigenvalue weighted by atomic mass is 35.5. The lowest BCUT2D eigenvalue weighted by Gasteiger charge is -2.47. The molecular weight excluding hydrogens is 1440 g/mol. The van der Waals surface area contributed by atoms with Crippen molar-refractivity contribution >= 4 is 74.6 Å². The second kappa shape index (κ2) is 45.3. The minimum atomic E-state index is -4.02. The van der Waals surface area contributed by atoms with Gasteiger partial charge in [0.25, 0.3) is 16.0 Å². The van der Waals surface area contributed by atoms with Crippen LogP contribution >= 0.6 is 46.4 Å². The van der Waals surface area contributed by atoms with Crippen molar-refractivity contribution in [1.82, 2.24) is 25.3 Å². The van der Waals surface area contributed by atoms with Crippen LogP contribution in [0.5, 0.6) is 28.7 Å². The molecule has 11 aliphatic heterocycles. The van der Waals surface area contributed by atoms with Crippen LogP contribution in [0, 0.1) is 6.92 Å². The summed E-state index contributed by atoms with van der Waals surface area (Å²) in [6, 6.07) is 45.1. The molecule has 570 valence electrons. The fourth-order valence-corrected chi connectivity index (χ4v) is 12.1. The minimum Gasteiger partial charge on any atom is -0.497 e. The highest BCUT2D eigenvalue weighted by Crippen LogP contribution is 2.31. The fraction of sp³-hybridized carbons (Fsp3) is 0.487. The van der Waals surface area contributed by atoms with Gasteiger partial charge in [0.15, 0.2) is 0 Å². The standard InChI is InChI=1S/C13H16ClNO3.C13H15NO3.C13H17NO2.C11H16ClNO2.C11H14ClNO2.C7H8O3S.C5H9NO.C3H5ClO/c1-17-11-4-2-10(3-5-11)7-15-8-12(6-14)18-9-13(15)16;1-16-10-4-2-9(3-5-10)7-14-8-11-6-12(17-11)13(14)15;1-15-11-4-2-10(3-5-11)7-14-8-12-6-13(9-14)16-12;2*1-15-11-4-2-9(3-5-11)7-13-8-10(14)6-12;1-6-2-4-7(5-3-6)11(8,9)10;1-4-2-6-3-5(1)7-4;4-1-3-2-5-3/h2-5,12H,6-9H2,1H3;2-5,11-12H,6-8H2,1H3;2-5,12-13H,6-9H2,1H3;2-5,10,13-14H,6-8H2,1H3;2-5,7,10,14H,6,8H2,1H3;2-5H,1H3,(H,8,9,10);4-6H,1-3H2;3H,1-2H2. The smallest absolute Gasteiger partial charge is 0.294 e. The number of fused-ring (bicyclic) bond motifs is 6. The third-order valence-electron chi connectivity index (χ3n) is 17.1. The van der Waals surface area contributed by atoms with Crippen molar-refractivity contribution in [3.05, 3.63) is 179 Å². The summed E-state index contributed by atoms with van der Waals surface area (Å²) in [7, 11) is 4.22. The molecule has 11 fully saturated rings. The van der Waals surface area contributed by atoms with Crippen LogP contribution in [0.3, 0.4) is 0 Å². The van der Waals surface area contributed by atoms with E-state index in [1.807, 2.05) is 121 Å². The number of carbonyl (C=O) groups is 2. The molecule has 0 radical (unpaired) electrons. The van der Waals surface area contributed by atoms with Crippen molar-refractivity contribution in [2.75, 3.05) is 125 Å². The van der Waals surface area contributed by atoms with Crippen LogP contribution in [0.25, 0.3) is 0 Å². The lowest BCUT2D eigenvalue weighted by Crippen LogP contribution is -2.60. The Morgan fingerprint density at radius 3 is 1.38 bits per heavy atom. The van der Waals surface area contributed by atoms with E-state index in [1.54, 1.807) is 58.8 Å². The molecule has 104 heavy (non-hydrogen) atoms. The maximum Gasteiger partial charge on any atom is 0.294 e. The molecule has 11 heterocycles. The molecule has 11 saturated heterocycles. The van der Waals surface area contributed by atoms with Gasteiger partial charge in [-0.2, -0.15) is 8.42 Å². The zero-order valence-electron chi connectivity index (χ0n) is 59.8. The Morgan fingerprint density at radius 2 is 0.990 bits per heavy atom. The number of amides is 2. The number of rotatable bonds is 23. The second-order valence-electron chi connectivity index (χ2n) is 25.5. The van der Waals surface area contributed by atoms with Gasteiger partial charge in [-0.25, -0.2) is 0 Å². The summed E-state index contributed by atoms with van der Waals surface area (Å²) in [4.78, 5) is 33.7. The summed E-state index contributed by atoms with van der Waals surface area (Å²) in [5.74, 6) is 5.91. The maximum atomic E-state index is 11.9. The normalized spacial score (nSPS) is 22.0. The Bertz CT molecular complexity index is 3540. The van der Waals surface area contributed by atoms with Crippen molar-refractivity contribution in [3.63, 3.8) is 0 Å². The quantitative estimate of drug-likeness (QED) is 0.0173. The summed E-state index contributed by atoms with van der Waals surface area (Å²) in [5, 5.41) is 24.7. The van der Waals surface area contributed by atoms with E-state index in [0.717, 1.165) is 115 Å². The van der Waals surface area contributed by atoms with E-state index >= 15 is 0 Å². The van der Waals surface area contributed by atoms with Gasteiger partial charge >= 0.3 is 0 Å². The highest BCUT2D eigenvalue weighted by molar-refractivity contribution is 7.85. The number of aliphatic hydroxyl groups is 2. The number of halogens is 4. The Labute approximate surface area is 631 Å². The lowest BCUT2D eigenvalue weighted by molar-refractivity contribution is -0.199. The number of aryl methyl sites for hydroxylation is 1. The number of nitrogens with one attached hydrogen (secondary N) is 2. The van der Waals surface area contributed by atoms with Gasteiger partial charge in [0.05, 0.1) is 126 Å². The molecule has 6 bridgehead atoms. The van der Waals surface area contributed by atoms with Crippen molar-refractivity contribution < 1.29 is 80.1 Å². The molecule has 0 spiro atoms. The molecule has 10 atom stereocenters. The number of hydrogen-bond donors (Lipinski definition) is 5. The molecule has 0 aliphatic carbocycles. The van der Waals surface area contributed by atoms with E-state index in [9.17, 15) is 23.1 Å². The van der Waals surface area contributed by atoms with Crippen LogP contribution in [-0.2, 0) is 69.6 Å². The summed E-state index contributed by atoms with van der Waals surface area (Å²) < 4.78 is 81.3. The van der Waals surface area contributed by atoms with Gasteiger partial charge in [0.1, 0.15) is 41.5 Å². The second-order valence-corrected chi connectivity index (χ2v) is 28.1. The molecule has 6 aromatic carbocycles. The lowest BCUT2D eigenvalue weighted by atomic mass is 9.97. The zero-order valence-corrected chi connectivity index (χ0v) is 63.7. The number of ether oxygens (including phenoxy) is 10. The van der Waals surface area contributed by atoms with Gasteiger partial charge in [-0.1, -0.05) is 66.2 Å². The Hall–Kier alpha value is -6.40. The number of epoxide rings is 1. The number of carbonyl (C=O) groups excluding carboxylic acids is 2. The van der Waals surface area contributed by atoms with Crippen LogP contribution in [0.4, 0.5) is 0 Å². The Morgan fingerprint density at radius 1 is 0.558 bits per heavy atom. The van der Waals surface area contributed by atoms with E-state index in [-0.39, 0.29) is 53.4 Å². The predicted molar refractivity (Wildman–Crippen MR) is 403 cm³/mol. The largest absolute Gasteiger partial charge is 0.497 e. The summed E-state index contributed by atoms with van der Waals surface area (Å²) >= 11 is 21.9. The van der Waals surface area contributed by atoms with Crippen LogP contribution in [0.1, 0.15) is 52.6 Å². The third kappa shape index (κ3) is 30.5. The fourth-order valence-electron chi connectivity index (χ4n) is 11.1. The first-order valence-electron chi connectivity index (χ1n) is 34.4. The number of hydrogen-bond acceptors (Lipinski definition) is 20. The third-order valence-corrected chi connectivity index (χ3v) is 19.4. The number of benzene rings is 6. The molecule has 11 aliphatic rings. The van der Waals surface area contributed by atoms with Crippen LogP contribution in [0.2, 0.25) is 0 Å². The minimum absolute atomic E-state index is 0.00665. The van der Waals surface area contributed by atoms with Gasteiger partial charge in [0, 0.05) is 103 Å². The van der Waals surface area contributed by atoms with Crippen molar-refractivity contribution in [1.29, 1.82) is 0 Å². The topological polar surface area (TPSA) is 271 Å². The maximum absolute atomic E-state index is 11.9. The number of alkyl halides is 4. The average Bonchev–Trinajstić information content (AvgIpc) is 1.12. The number of nitrogens with zero attached hydrogens (tertiary/aromatic N) is 4. The van der Waals surface area contributed by atoms with Crippen molar-refractivity contribution in [2.24, 2.45) is 4.99 Å². The van der Waals surface area contributed by atoms with E-state index in [0.29, 0.717) is 75.0 Å². The number of aliphatic imine (C=N–C) groups is 1. The molecule has 0 aromatic heterocycles. The molecular formula is C76H100Cl4N6O17S. The summed E-state index contributed by atoms with van der Waals surface area (Å²) in [6.07, 6.45) is 6.67. The van der Waals surface area contributed by atoms with E-state index in [4.69, 9.17) is 103 Å². The Kier molecular flexibility index (Phi) is 37.0. The summed E-state index contributed by atoms with van der Waals surface area (Å²) in [6.45, 7) is 12.3. The predicted octanol–water partition coefficient (Wildman–Crippen LogP) is 9.24. The van der Waals surface area contributed by atoms with Crippen molar-refractivity contribution in [3.8, 4) is 28.7 Å². The molecule has 2 amide bonds. The molecule has 0 saturated carbocycles. The van der Waals surface area contributed by atoms with E-state index in [2.05, 4.69) is 32.7 Å². The number of piperidine rings is 3. The molecule has 17 rings (SSSR count). The van der Waals surface area contributed by atoms with Gasteiger partial charge in [0.2, 0.25) is 5.91 Å². The highest BCUT2D eigenvalue weighted by Gasteiger charge is 2.45. The molecule has 23 nitrogen and oxygen atoms in total. The molecule has 5 N–H and O–H groups in total. The average molecular weight is 1540 g/mol.